The lowest BCUT2D eigenvalue weighted by Gasteiger charge is -2.17. The van der Waals surface area contributed by atoms with Crippen LogP contribution in [0.15, 0.2) is 24.3 Å². The van der Waals surface area contributed by atoms with Crippen LogP contribution in [0.1, 0.15) is 15.9 Å². The molecule has 0 unspecified atom stereocenters. The van der Waals surface area contributed by atoms with Crippen LogP contribution in [-0.2, 0) is 6.54 Å². The quantitative estimate of drug-likeness (QED) is 0.703. The maximum Gasteiger partial charge on any atom is 0.406 e. The van der Waals surface area contributed by atoms with Crippen molar-refractivity contribution in [2.45, 2.75) is 12.7 Å². The van der Waals surface area contributed by atoms with Gasteiger partial charge in [-0.05, 0) is 11.6 Å². The summed E-state index contributed by atoms with van der Waals surface area (Å²) >= 11 is 0. The van der Waals surface area contributed by atoms with E-state index in [-0.39, 0.29) is 6.54 Å². The van der Waals surface area contributed by atoms with Crippen LogP contribution >= 0.6 is 0 Å². The zero-order chi connectivity index (χ0) is 11.1. The molecule has 1 aliphatic heterocycles. The highest BCUT2D eigenvalue weighted by molar-refractivity contribution is 5.98. The van der Waals surface area contributed by atoms with Crippen LogP contribution in [0.4, 0.5) is 13.2 Å². The smallest absolute Gasteiger partial charge is 0.325 e. The molecule has 0 N–H and O–H groups in total. The number of nitrogens with zero attached hydrogens (tertiary/aromatic N) is 1. The van der Waals surface area contributed by atoms with Gasteiger partial charge in [0.05, 0.1) is 0 Å². The summed E-state index contributed by atoms with van der Waals surface area (Å²) in [5, 5.41) is 0. The maximum atomic E-state index is 12.1. The molecule has 1 amide bonds. The van der Waals surface area contributed by atoms with Gasteiger partial charge in [0.25, 0.3) is 5.91 Å². The number of carbonyl (C=O) groups excluding carboxylic acids is 1. The molecular weight excluding hydrogens is 207 g/mol. The van der Waals surface area contributed by atoms with Crippen molar-refractivity contribution in [1.82, 2.24) is 4.90 Å². The van der Waals surface area contributed by atoms with E-state index in [4.69, 9.17) is 0 Å². The number of fused-ring (bicyclic) bond motifs is 1. The van der Waals surface area contributed by atoms with Crippen LogP contribution in [0.3, 0.4) is 0 Å². The highest BCUT2D eigenvalue weighted by Gasteiger charge is 2.36. The highest BCUT2D eigenvalue weighted by Crippen LogP contribution is 2.26. The molecule has 1 heterocycles. The molecule has 5 heteroatoms. The molecule has 15 heavy (non-hydrogen) atoms. The Morgan fingerprint density at radius 2 is 1.93 bits per heavy atom. The van der Waals surface area contributed by atoms with Crippen molar-refractivity contribution < 1.29 is 18.0 Å². The van der Waals surface area contributed by atoms with Gasteiger partial charge in [0.1, 0.15) is 6.54 Å². The normalized spacial score (nSPS) is 15.7. The third-order valence-corrected chi connectivity index (χ3v) is 2.27. The number of hydrogen-bond acceptors (Lipinski definition) is 1. The largest absolute Gasteiger partial charge is 0.406 e. The van der Waals surface area contributed by atoms with Gasteiger partial charge in [0.2, 0.25) is 0 Å². The van der Waals surface area contributed by atoms with Gasteiger partial charge in [0, 0.05) is 12.1 Å². The van der Waals surface area contributed by atoms with E-state index in [0.717, 1.165) is 4.90 Å². The molecule has 0 aromatic heterocycles. The molecule has 2 nitrogen and oxygen atoms in total. The molecular formula is C10H8F3NO. The third-order valence-electron chi connectivity index (χ3n) is 2.27. The van der Waals surface area contributed by atoms with E-state index in [1.54, 1.807) is 24.3 Å². The van der Waals surface area contributed by atoms with Crippen LogP contribution < -0.4 is 0 Å². The summed E-state index contributed by atoms with van der Waals surface area (Å²) in [5.41, 5.74) is 1.04. The fourth-order valence-electron chi connectivity index (χ4n) is 1.66. The Hall–Kier alpha value is -1.52. The molecule has 0 radical (unpaired) electrons. The minimum Gasteiger partial charge on any atom is -0.325 e. The SMILES string of the molecule is O=C1c2ccccc2CN1CC(F)(F)F. The average Bonchev–Trinajstić information content (AvgIpc) is 2.42. The molecule has 2 rings (SSSR count). The second kappa shape index (κ2) is 3.25. The maximum absolute atomic E-state index is 12.1. The monoisotopic (exact) mass is 215 g/mol. The fraction of sp³-hybridized carbons (Fsp3) is 0.300. The van der Waals surface area contributed by atoms with Crippen LogP contribution in [0.5, 0.6) is 0 Å². The van der Waals surface area contributed by atoms with Gasteiger partial charge >= 0.3 is 6.18 Å². The average molecular weight is 215 g/mol. The van der Waals surface area contributed by atoms with Gasteiger partial charge in [-0.3, -0.25) is 4.79 Å². The van der Waals surface area contributed by atoms with Crippen molar-refractivity contribution in [1.29, 1.82) is 0 Å². The molecule has 1 aromatic carbocycles. The molecule has 0 bridgehead atoms. The Morgan fingerprint density at radius 1 is 1.27 bits per heavy atom. The highest BCUT2D eigenvalue weighted by atomic mass is 19.4. The van der Waals surface area contributed by atoms with E-state index >= 15 is 0 Å². The second-order valence-electron chi connectivity index (χ2n) is 3.43. The summed E-state index contributed by atoms with van der Waals surface area (Å²) in [6.07, 6.45) is -4.34. The number of benzene rings is 1. The van der Waals surface area contributed by atoms with Crippen molar-refractivity contribution in [2.75, 3.05) is 6.54 Å². The Labute approximate surface area is 84.3 Å². The standard InChI is InChI=1S/C10H8F3NO/c11-10(12,13)6-14-5-7-3-1-2-4-8(7)9(14)15/h1-4H,5-6H2. The number of hydrogen-bond donors (Lipinski definition) is 0. The van der Waals surface area contributed by atoms with Gasteiger partial charge in [-0.1, -0.05) is 18.2 Å². The molecule has 1 aliphatic rings. The molecule has 0 fully saturated rings. The van der Waals surface area contributed by atoms with Crippen LogP contribution in [0, 0.1) is 0 Å². The van der Waals surface area contributed by atoms with E-state index in [1.165, 1.54) is 0 Å². The first kappa shape index (κ1) is 10.0. The van der Waals surface area contributed by atoms with Crippen molar-refractivity contribution in [2.24, 2.45) is 0 Å². The molecule has 80 valence electrons. The molecule has 0 saturated heterocycles. The summed E-state index contributed by atoms with van der Waals surface area (Å²) in [6, 6.07) is 6.58. The first-order valence-electron chi connectivity index (χ1n) is 4.41. The summed E-state index contributed by atoms with van der Waals surface area (Å²) in [5.74, 6) is -0.539. The van der Waals surface area contributed by atoms with Crippen molar-refractivity contribution in [3.8, 4) is 0 Å². The lowest BCUT2D eigenvalue weighted by molar-refractivity contribution is -0.140. The molecule has 0 spiro atoms. The van der Waals surface area contributed by atoms with Crippen molar-refractivity contribution in [3.05, 3.63) is 35.4 Å². The topological polar surface area (TPSA) is 20.3 Å². The zero-order valence-electron chi connectivity index (χ0n) is 7.71. The van der Waals surface area contributed by atoms with E-state index < -0.39 is 18.6 Å². The fourth-order valence-corrected chi connectivity index (χ4v) is 1.66. The minimum absolute atomic E-state index is 0.0501. The number of alkyl halides is 3. The number of halogens is 3. The van der Waals surface area contributed by atoms with Gasteiger partial charge in [0.15, 0.2) is 0 Å². The van der Waals surface area contributed by atoms with Gasteiger partial charge in [-0.15, -0.1) is 0 Å². The van der Waals surface area contributed by atoms with E-state index in [0.29, 0.717) is 11.1 Å². The summed E-state index contributed by atoms with van der Waals surface area (Å²) in [4.78, 5) is 12.3. The van der Waals surface area contributed by atoms with E-state index in [9.17, 15) is 18.0 Å². The Morgan fingerprint density at radius 3 is 2.53 bits per heavy atom. The first-order valence-corrected chi connectivity index (χ1v) is 4.41. The van der Waals surface area contributed by atoms with Crippen LogP contribution in [-0.4, -0.2) is 23.5 Å². The van der Waals surface area contributed by atoms with E-state index in [1.807, 2.05) is 0 Å². The van der Waals surface area contributed by atoms with Crippen LogP contribution in [0.2, 0.25) is 0 Å². The van der Waals surface area contributed by atoms with Crippen molar-refractivity contribution in [3.63, 3.8) is 0 Å². The van der Waals surface area contributed by atoms with Crippen LogP contribution in [0.25, 0.3) is 0 Å². The first-order chi connectivity index (χ1) is 6.97. The molecule has 1 aromatic rings. The van der Waals surface area contributed by atoms with Gasteiger partial charge in [-0.2, -0.15) is 13.2 Å². The molecule has 0 saturated carbocycles. The third kappa shape index (κ3) is 1.95. The summed E-state index contributed by atoms with van der Waals surface area (Å²) in [6.45, 7) is -1.13. The second-order valence-corrected chi connectivity index (χ2v) is 3.43. The Kier molecular flexibility index (Phi) is 2.17. The predicted molar refractivity (Wildman–Crippen MR) is 47.2 cm³/mol. The Bertz CT molecular complexity index is 400. The minimum atomic E-state index is -4.34. The number of amides is 1. The van der Waals surface area contributed by atoms with Gasteiger partial charge < -0.3 is 4.90 Å². The van der Waals surface area contributed by atoms with E-state index in [2.05, 4.69) is 0 Å². The number of carbonyl (C=O) groups is 1. The zero-order valence-corrected chi connectivity index (χ0v) is 7.71. The summed E-state index contributed by atoms with van der Waals surface area (Å²) < 4.78 is 36.3. The van der Waals surface area contributed by atoms with Gasteiger partial charge in [-0.25, -0.2) is 0 Å². The summed E-state index contributed by atoms with van der Waals surface area (Å²) in [7, 11) is 0. The number of rotatable bonds is 1. The molecule has 0 atom stereocenters. The predicted octanol–water partition coefficient (Wildman–Crippen LogP) is 2.20. The van der Waals surface area contributed by atoms with Crippen molar-refractivity contribution >= 4 is 5.91 Å². The lowest BCUT2D eigenvalue weighted by atomic mass is 10.1. The molecule has 0 aliphatic carbocycles. The lowest BCUT2D eigenvalue weighted by Crippen LogP contribution is -2.34. The Balaban J connectivity index is 2.21.